The Kier molecular flexibility index (Phi) is 3.55. The number of nitrogens with one attached hydrogen (secondary N) is 1. The van der Waals surface area contributed by atoms with E-state index in [1.54, 1.807) is 13.0 Å². The van der Waals surface area contributed by atoms with E-state index < -0.39 is 5.97 Å². The number of halogens is 1. The van der Waals surface area contributed by atoms with Crippen molar-refractivity contribution in [1.82, 2.24) is 0 Å². The Labute approximate surface area is 109 Å². The van der Waals surface area contributed by atoms with Crippen molar-refractivity contribution < 1.29 is 18.7 Å². The summed E-state index contributed by atoms with van der Waals surface area (Å²) >= 11 is 0. The first-order chi connectivity index (χ1) is 8.97. The molecule has 0 spiro atoms. The van der Waals surface area contributed by atoms with E-state index in [0.717, 1.165) is 5.56 Å². The standard InChI is InChI=1S/C14H14FNO3/c1-8-3-4-10(15)5-13(8)16-7-11-6-12(14(17)18)9(2)19-11/h3-6,16H,7H2,1-2H3,(H,17,18). The summed E-state index contributed by atoms with van der Waals surface area (Å²) in [5, 5.41) is 11.9. The molecule has 0 saturated heterocycles. The Morgan fingerprint density at radius 2 is 2.11 bits per heavy atom. The summed E-state index contributed by atoms with van der Waals surface area (Å²) in [6, 6.07) is 5.93. The second-order valence-corrected chi connectivity index (χ2v) is 4.30. The maximum absolute atomic E-state index is 13.1. The Morgan fingerprint density at radius 1 is 1.37 bits per heavy atom. The van der Waals surface area contributed by atoms with E-state index in [1.165, 1.54) is 18.2 Å². The first-order valence-electron chi connectivity index (χ1n) is 5.80. The van der Waals surface area contributed by atoms with Gasteiger partial charge >= 0.3 is 5.97 Å². The molecule has 0 atom stereocenters. The van der Waals surface area contributed by atoms with Crippen LogP contribution in [0.15, 0.2) is 28.7 Å². The third-order valence-corrected chi connectivity index (χ3v) is 2.85. The minimum Gasteiger partial charge on any atom is -0.478 e. The molecule has 0 bridgehead atoms. The van der Waals surface area contributed by atoms with Gasteiger partial charge in [0.2, 0.25) is 0 Å². The quantitative estimate of drug-likeness (QED) is 0.888. The van der Waals surface area contributed by atoms with Gasteiger partial charge in [-0.25, -0.2) is 9.18 Å². The van der Waals surface area contributed by atoms with Crippen LogP contribution in [0.25, 0.3) is 0 Å². The third kappa shape index (κ3) is 2.93. The summed E-state index contributed by atoms with van der Waals surface area (Å²) in [7, 11) is 0. The molecule has 2 N–H and O–H groups in total. The van der Waals surface area contributed by atoms with Crippen molar-refractivity contribution in [2.75, 3.05) is 5.32 Å². The highest BCUT2D eigenvalue weighted by molar-refractivity contribution is 5.88. The van der Waals surface area contributed by atoms with Gasteiger partial charge in [0.15, 0.2) is 0 Å². The second-order valence-electron chi connectivity index (χ2n) is 4.30. The Morgan fingerprint density at radius 3 is 2.74 bits per heavy atom. The third-order valence-electron chi connectivity index (χ3n) is 2.85. The van der Waals surface area contributed by atoms with Gasteiger partial charge < -0.3 is 14.8 Å². The van der Waals surface area contributed by atoms with Gasteiger partial charge in [-0.1, -0.05) is 6.07 Å². The normalized spacial score (nSPS) is 10.5. The van der Waals surface area contributed by atoms with Crippen LogP contribution in [0.1, 0.15) is 27.4 Å². The van der Waals surface area contributed by atoms with Crippen LogP contribution in [0.2, 0.25) is 0 Å². The van der Waals surface area contributed by atoms with Gasteiger partial charge in [0.05, 0.1) is 6.54 Å². The predicted octanol–water partition coefficient (Wildman–Crippen LogP) is 3.35. The molecule has 0 aliphatic carbocycles. The Hall–Kier alpha value is -2.30. The summed E-state index contributed by atoms with van der Waals surface area (Å²) in [4.78, 5) is 10.9. The summed E-state index contributed by atoms with van der Waals surface area (Å²) in [5.41, 5.74) is 1.71. The molecule has 0 radical (unpaired) electrons. The second kappa shape index (κ2) is 5.14. The highest BCUT2D eigenvalue weighted by Gasteiger charge is 2.13. The molecule has 1 heterocycles. The average Bonchev–Trinajstić information content (AvgIpc) is 2.72. The van der Waals surface area contributed by atoms with Crippen LogP contribution in [-0.2, 0) is 6.54 Å². The van der Waals surface area contributed by atoms with Crippen LogP contribution >= 0.6 is 0 Å². The van der Waals surface area contributed by atoms with Crippen molar-refractivity contribution in [3.8, 4) is 0 Å². The fourth-order valence-corrected chi connectivity index (χ4v) is 1.81. The number of hydrogen-bond acceptors (Lipinski definition) is 3. The fourth-order valence-electron chi connectivity index (χ4n) is 1.81. The van der Waals surface area contributed by atoms with Gasteiger partial charge in [-0.15, -0.1) is 0 Å². The molecule has 4 nitrogen and oxygen atoms in total. The van der Waals surface area contributed by atoms with Gasteiger partial charge in [-0.3, -0.25) is 0 Å². The minimum absolute atomic E-state index is 0.146. The van der Waals surface area contributed by atoms with Gasteiger partial charge in [0, 0.05) is 5.69 Å². The number of anilines is 1. The Balaban J connectivity index is 2.12. The van der Waals surface area contributed by atoms with E-state index >= 15 is 0 Å². The van der Waals surface area contributed by atoms with Crippen molar-refractivity contribution in [2.45, 2.75) is 20.4 Å². The lowest BCUT2D eigenvalue weighted by Crippen LogP contribution is -2.00. The van der Waals surface area contributed by atoms with Crippen LogP contribution in [-0.4, -0.2) is 11.1 Å². The average molecular weight is 263 g/mol. The number of carbonyl (C=O) groups is 1. The summed E-state index contributed by atoms with van der Waals surface area (Å²) in [6.07, 6.45) is 0. The molecule has 0 unspecified atom stereocenters. The van der Waals surface area contributed by atoms with Crippen molar-refractivity contribution in [3.05, 3.63) is 52.7 Å². The van der Waals surface area contributed by atoms with Crippen LogP contribution in [0.4, 0.5) is 10.1 Å². The van der Waals surface area contributed by atoms with Gasteiger partial charge in [-0.2, -0.15) is 0 Å². The van der Waals surface area contributed by atoms with E-state index in [4.69, 9.17) is 9.52 Å². The molecule has 1 aromatic heterocycles. The molecular formula is C14H14FNO3. The van der Waals surface area contributed by atoms with Crippen LogP contribution < -0.4 is 5.32 Å². The van der Waals surface area contributed by atoms with E-state index in [9.17, 15) is 9.18 Å². The molecule has 0 amide bonds. The molecule has 0 saturated carbocycles. The summed E-state index contributed by atoms with van der Waals surface area (Å²) < 4.78 is 18.4. The van der Waals surface area contributed by atoms with Crippen molar-refractivity contribution in [1.29, 1.82) is 0 Å². The van der Waals surface area contributed by atoms with E-state index in [-0.39, 0.29) is 11.4 Å². The first-order valence-corrected chi connectivity index (χ1v) is 5.80. The maximum atomic E-state index is 13.1. The molecule has 0 aliphatic rings. The molecule has 100 valence electrons. The highest BCUT2D eigenvalue weighted by atomic mass is 19.1. The smallest absolute Gasteiger partial charge is 0.339 e. The number of furan rings is 1. The largest absolute Gasteiger partial charge is 0.478 e. The predicted molar refractivity (Wildman–Crippen MR) is 68.9 cm³/mol. The first kappa shape index (κ1) is 13.1. The topological polar surface area (TPSA) is 62.5 Å². The number of rotatable bonds is 4. The van der Waals surface area contributed by atoms with Crippen molar-refractivity contribution in [2.24, 2.45) is 0 Å². The molecule has 2 rings (SSSR count). The highest BCUT2D eigenvalue weighted by Crippen LogP contribution is 2.19. The van der Waals surface area contributed by atoms with Crippen LogP contribution in [0.3, 0.4) is 0 Å². The molecule has 0 aliphatic heterocycles. The number of benzene rings is 1. The zero-order valence-electron chi connectivity index (χ0n) is 10.7. The fraction of sp³-hybridized carbons (Fsp3) is 0.214. The molecule has 19 heavy (non-hydrogen) atoms. The zero-order valence-corrected chi connectivity index (χ0v) is 10.7. The SMILES string of the molecule is Cc1ccc(F)cc1NCc1cc(C(=O)O)c(C)o1. The van der Waals surface area contributed by atoms with Gasteiger partial charge in [0.1, 0.15) is 22.9 Å². The molecular weight excluding hydrogens is 249 g/mol. The van der Waals surface area contributed by atoms with Crippen LogP contribution in [0, 0.1) is 19.7 Å². The molecule has 1 aromatic carbocycles. The molecule has 2 aromatic rings. The monoisotopic (exact) mass is 263 g/mol. The van der Waals surface area contributed by atoms with Gasteiger partial charge in [0.25, 0.3) is 0 Å². The van der Waals surface area contributed by atoms with Crippen LogP contribution in [0.5, 0.6) is 0 Å². The van der Waals surface area contributed by atoms with Crippen molar-refractivity contribution >= 4 is 11.7 Å². The van der Waals surface area contributed by atoms with Crippen molar-refractivity contribution in [3.63, 3.8) is 0 Å². The van der Waals surface area contributed by atoms with Gasteiger partial charge in [-0.05, 0) is 37.6 Å². The minimum atomic E-state index is -1.02. The number of carboxylic acids is 1. The lowest BCUT2D eigenvalue weighted by molar-refractivity contribution is 0.0695. The number of aryl methyl sites for hydroxylation is 2. The lowest BCUT2D eigenvalue weighted by Gasteiger charge is -2.07. The number of carboxylic acid groups (broad SMARTS) is 1. The Bertz CT molecular complexity index is 619. The van der Waals surface area contributed by atoms with E-state index in [2.05, 4.69) is 5.32 Å². The lowest BCUT2D eigenvalue weighted by atomic mass is 10.2. The summed E-state index contributed by atoms with van der Waals surface area (Å²) in [5.74, 6) is -0.483. The zero-order chi connectivity index (χ0) is 14.0. The van der Waals surface area contributed by atoms with E-state index in [0.29, 0.717) is 23.8 Å². The number of hydrogen-bond donors (Lipinski definition) is 2. The number of aromatic carboxylic acids is 1. The molecule has 5 heteroatoms. The summed E-state index contributed by atoms with van der Waals surface area (Å²) in [6.45, 7) is 3.76. The maximum Gasteiger partial charge on any atom is 0.339 e. The van der Waals surface area contributed by atoms with E-state index in [1.807, 2.05) is 6.92 Å². The molecule has 0 fully saturated rings.